The second-order valence-corrected chi connectivity index (χ2v) is 2.55. The van der Waals surface area contributed by atoms with E-state index in [4.69, 9.17) is 5.73 Å². The van der Waals surface area contributed by atoms with E-state index in [1.54, 1.807) is 0 Å². The fraction of sp³-hybridized carbons (Fsp3) is 1.00. The molecule has 0 heterocycles. The van der Waals surface area contributed by atoms with E-state index in [1.807, 2.05) is 13.8 Å². The van der Waals surface area contributed by atoms with Crippen LogP contribution in [-0.2, 0) is 0 Å². The number of nitrogens with two attached hydrogens (primary N) is 1. The fourth-order valence-electron chi connectivity index (χ4n) is 0.966. The zero-order chi connectivity index (χ0) is 7.28. The van der Waals surface area contributed by atoms with Crippen molar-refractivity contribution in [2.24, 2.45) is 11.7 Å². The zero-order valence-electron chi connectivity index (χ0n) is 6.85. The quantitative estimate of drug-likeness (QED) is 0.577. The Morgan fingerprint density at radius 3 is 1.78 bits per heavy atom. The highest BCUT2D eigenvalue weighted by Gasteiger charge is 2.20. The molecule has 0 aliphatic heterocycles. The molecule has 0 radical (unpaired) electrons. The first-order valence-electron chi connectivity index (χ1n) is 4.06. The molecule has 1 saturated carbocycles. The molecule has 56 valence electrons. The Kier molecular flexibility index (Phi) is 4.78. The normalized spacial score (nSPS) is 21.3. The van der Waals surface area contributed by atoms with Crippen LogP contribution in [-0.4, -0.2) is 6.04 Å². The largest absolute Gasteiger partial charge is 0.328 e. The summed E-state index contributed by atoms with van der Waals surface area (Å²) in [6, 6.07) is 0.453. The number of rotatable bonds is 1. The topological polar surface area (TPSA) is 26.0 Å². The molecule has 0 aromatic rings. The lowest BCUT2D eigenvalue weighted by atomic mass is 9.81. The van der Waals surface area contributed by atoms with Crippen molar-refractivity contribution in [3.8, 4) is 0 Å². The summed E-state index contributed by atoms with van der Waals surface area (Å²) in [4.78, 5) is 0. The maximum atomic E-state index is 5.60. The molecular formula is C8H19N. The van der Waals surface area contributed by atoms with Gasteiger partial charge in [0, 0.05) is 6.04 Å². The highest BCUT2D eigenvalue weighted by Crippen LogP contribution is 2.27. The Morgan fingerprint density at radius 1 is 1.33 bits per heavy atom. The molecule has 9 heavy (non-hydrogen) atoms. The minimum Gasteiger partial charge on any atom is -0.328 e. The molecule has 1 aliphatic rings. The van der Waals surface area contributed by atoms with Gasteiger partial charge in [0.25, 0.3) is 0 Å². The van der Waals surface area contributed by atoms with Crippen LogP contribution in [0.5, 0.6) is 0 Å². The van der Waals surface area contributed by atoms with Crippen molar-refractivity contribution >= 4 is 0 Å². The third-order valence-electron chi connectivity index (χ3n) is 1.89. The van der Waals surface area contributed by atoms with Crippen LogP contribution in [0.15, 0.2) is 0 Å². The van der Waals surface area contributed by atoms with Gasteiger partial charge in [-0.3, -0.25) is 0 Å². The van der Waals surface area contributed by atoms with Crippen LogP contribution in [0.3, 0.4) is 0 Å². The third kappa shape index (κ3) is 2.85. The lowest BCUT2D eigenvalue weighted by molar-refractivity contribution is 0.273. The van der Waals surface area contributed by atoms with Gasteiger partial charge >= 0.3 is 0 Å². The minimum atomic E-state index is 0.453. The van der Waals surface area contributed by atoms with Crippen LogP contribution in [0.1, 0.15) is 40.0 Å². The maximum absolute atomic E-state index is 5.60. The van der Waals surface area contributed by atoms with E-state index in [1.165, 1.54) is 19.3 Å². The van der Waals surface area contributed by atoms with Crippen LogP contribution in [0.2, 0.25) is 0 Å². The van der Waals surface area contributed by atoms with Gasteiger partial charge in [0.05, 0.1) is 0 Å². The van der Waals surface area contributed by atoms with Gasteiger partial charge in [-0.05, 0) is 25.7 Å². The molecule has 1 unspecified atom stereocenters. The second-order valence-electron chi connectivity index (χ2n) is 2.55. The molecule has 1 fully saturated rings. The highest BCUT2D eigenvalue weighted by molar-refractivity contribution is 4.76. The summed E-state index contributed by atoms with van der Waals surface area (Å²) in [5.74, 6) is 0.861. The molecular weight excluding hydrogens is 110 g/mol. The molecule has 1 rings (SSSR count). The Morgan fingerprint density at radius 2 is 1.78 bits per heavy atom. The van der Waals surface area contributed by atoms with Crippen molar-refractivity contribution in [1.82, 2.24) is 0 Å². The standard InChI is InChI=1S/C6H13N.C2H6/c1-5(7)6-3-2-4-6;1-2/h5-6H,2-4,7H2,1H3;1-2H3. The summed E-state index contributed by atoms with van der Waals surface area (Å²) in [6.07, 6.45) is 4.15. The molecule has 2 N–H and O–H groups in total. The van der Waals surface area contributed by atoms with Crippen molar-refractivity contribution in [1.29, 1.82) is 0 Å². The van der Waals surface area contributed by atoms with Crippen LogP contribution in [0.25, 0.3) is 0 Å². The van der Waals surface area contributed by atoms with Gasteiger partial charge in [0.2, 0.25) is 0 Å². The zero-order valence-corrected chi connectivity index (χ0v) is 6.85. The van der Waals surface area contributed by atoms with Gasteiger partial charge in [0.15, 0.2) is 0 Å². The predicted molar refractivity (Wildman–Crippen MR) is 42.3 cm³/mol. The van der Waals surface area contributed by atoms with Crippen molar-refractivity contribution < 1.29 is 0 Å². The van der Waals surface area contributed by atoms with Gasteiger partial charge < -0.3 is 5.73 Å². The van der Waals surface area contributed by atoms with Crippen LogP contribution in [0.4, 0.5) is 0 Å². The van der Waals surface area contributed by atoms with Crippen molar-refractivity contribution in [2.75, 3.05) is 0 Å². The third-order valence-corrected chi connectivity index (χ3v) is 1.89. The summed E-state index contributed by atoms with van der Waals surface area (Å²) >= 11 is 0. The van der Waals surface area contributed by atoms with Crippen LogP contribution in [0, 0.1) is 5.92 Å². The summed E-state index contributed by atoms with van der Waals surface area (Å²) in [5, 5.41) is 0. The summed E-state index contributed by atoms with van der Waals surface area (Å²) in [5.41, 5.74) is 5.60. The van der Waals surface area contributed by atoms with Crippen molar-refractivity contribution in [3.05, 3.63) is 0 Å². The lowest BCUT2D eigenvalue weighted by Gasteiger charge is -2.28. The molecule has 1 aliphatic carbocycles. The second kappa shape index (κ2) is 4.80. The molecule has 0 spiro atoms. The molecule has 0 aromatic heterocycles. The van der Waals surface area contributed by atoms with Gasteiger partial charge in [0.1, 0.15) is 0 Å². The fourth-order valence-corrected chi connectivity index (χ4v) is 0.966. The molecule has 1 nitrogen and oxygen atoms in total. The summed E-state index contributed by atoms with van der Waals surface area (Å²) < 4.78 is 0. The van der Waals surface area contributed by atoms with E-state index in [0.29, 0.717) is 6.04 Å². The van der Waals surface area contributed by atoms with Crippen molar-refractivity contribution in [3.63, 3.8) is 0 Å². The van der Waals surface area contributed by atoms with Crippen molar-refractivity contribution in [2.45, 2.75) is 46.1 Å². The average Bonchev–Trinajstić information content (AvgIpc) is 1.65. The molecule has 0 aromatic carbocycles. The Labute approximate surface area is 58.6 Å². The monoisotopic (exact) mass is 129 g/mol. The van der Waals surface area contributed by atoms with E-state index in [0.717, 1.165) is 5.92 Å². The first-order chi connectivity index (χ1) is 4.30. The van der Waals surface area contributed by atoms with Crippen LogP contribution >= 0.6 is 0 Å². The van der Waals surface area contributed by atoms with Gasteiger partial charge in [-0.1, -0.05) is 20.3 Å². The molecule has 1 heteroatoms. The first kappa shape index (κ1) is 8.96. The first-order valence-corrected chi connectivity index (χ1v) is 4.06. The SMILES string of the molecule is CC.CC(N)C1CCC1. The summed E-state index contributed by atoms with van der Waals surface area (Å²) in [6.45, 7) is 6.10. The molecule has 0 bridgehead atoms. The predicted octanol–water partition coefficient (Wildman–Crippen LogP) is 2.16. The lowest BCUT2D eigenvalue weighted by Crippen LogP contribution is -2.31. The Balaban J connectivity index is 0.000000291. The Hall–Kier alpha value is -0.0400. The molecule has 1 atom stereocenters. The smallest absolute Gasteiger partial charge is 0.00387 e. The van der Waals surface area contributed by atoms with Gasteiger partial charge in [-0.15, -0.1) is 0 Å². The molecule has 0 saturated heterocycles. The van der Waals surface area contributed by atoms with E-state index in [-0.39, 0.29) is 0 Å². The summed E-state index contributed by atoms with van der Waals surface area (Å²) in [7, 11) is 0. The maximum Gasteiger partial charge on any atom is 0.00387 e. The number of hydrogen-bond donors (Lipinski definition) is 1. The van der Waals surface area contributed by atoms with E-state index >= 15 is 0 Å². The molecule has 0 amide bonds. The number of hydrogen-bond acceptors (Lipinski definition) is 1. The van der Waals surface area contributed by atoms with E-state index in [2.05, 4.69) is 6.92 Å². The van der Waals surface area contributed by atoms with Gasteiger partial charge in [-0.2, -0.15) is 0 Å². The van der Waals surface area contributed by atoms with E-state index in [9.17, 15) is 0 Å². The Bertz CT molecular complexity index is 55.6. The highest BCUT2D eigenvalue weighted by atomic mass is 14.6. The van der Waals surface area contributed by atoms with E-state index < -0.39 is 0 Å². The van der Waals surface area contributed by atoms with Gasteiger partial charge in [-0.25, -0.2) is 0 Å². The average molecular weight is 129 g/mol. The van der Waals surface area contributed by atoms with Crippen LogP contribution < -0.4 is 5.73 Å². The minimum absolute atomic E-state index is 0.453.